The number of hydrogen-bond acceptors (Lipinski definition) is 20. The number of fused-ring (bicyclic) bond motifs is 3. The fourth-order valence-electron chi connectivity index (χ4n) is 8.74. The molecule has 3 aromatic rings. The molecule has 20 heteroatoms. The van der Waals surface area contributed by atoms with Crippen LogP contribution in [0.2, 0.25) is 0 Å². The lowest BCUT2D eigenvalue weighted by molar-refractivity contribution is -0.280. The van der Waals surface area contributed by atoms with Gasteiger partial charge < -0.3 is 88.6 Å². The second kappa shape index (κ2) is 17.7. The first-order chi connectivity index (χ1) is 29.8. The van der Waals surface area contributed by atoms with E-state index in [0.29, 0.717) is 12.0 Å². The van der Waals surface area contributed by atoms with Gasteiger partial charge in [0.05, 0.1) is 33.0 Å². The molecule has 0 spiro atoms. The zero-order valence-electron chi connectivity index (χ0n) is 34.6. The third-order valence-electron chi connectivity index (χ3n) is 12.3. The number of phenols is 1. The van der Waals surface area contributed by atoms with Crippen LogP contribution in [0.15, 0.2) is 69.4 Å². The van der Waals surface area contributed by atoms with Gasteiger partial charge in [-0.05, 0) is 56.2 Å². The van der Waals surface area contributed by atoms with Crippen LogP contribution in [0.4, 0.5) is 0 Å². The average Bonchev–Trinajstić information content (AvgIpc) is 3.33. The number of ether oxygens (including phenoxy) is 7. The Morgan fingerprint density at radius 2 is 1.51 bits per heavy atom. The molecule has 4 aliphatic rings. The Morgan fingerprint density at radius 3 is 2.14 bits per heavy atom. The second-order valence-electron chi connectivity index (χ2n) is 16.8. The third-order valence-corrected chi connectivity index (χ3v) is 12.3. The van der Waals surface area contributed by atoms with E-state index in [1.54, 1.807) is 13.8 Å². The highest BCUT2D eigenvalue weighted by molar-refractivity contribution is 5.88. The number of esters is 1. The molecule has 3 aliphatic heterocycles. The molecule has 0 radical (unpaired) electrons. The number of hydrogen-bond donors (Lipinski definition) is 10. The fraction of sp³-hybridized carbons (Fsp3) is 0.535. The van der Waals surface area contributed by atoms with Gasteiger partial charge >= 0.3 is 5.97 Å². The fourth-order valence-corrected chi connectivity index (χ4v) is 8.74. The molecule has 0 unspecified atom stereocenters. The van der Waals surface area contributed by atoms with Gasteiger partial charge in [-0.3, -0.25) is 4.79 Å². The van der Waals surface area contributed by atoms with Crippen molar-refractivity contribution in [2.24, 2.45) is 5.41 Å². The summed E-state index contributed by atoms with van der Waals surface area (Å²) in [4.78, 5) is 27.1. The van der Waals surface area contributed by atoms with Crippen LogP contribution in [0.3, 0.4) is 0 Å². The van der Waals surface area contributed by atoms with Crippen LogP contribution < -0.4 is 19.6 Å². The first-order valence-corrected chi connectivity index (χ1v) is 20.1. The predicted molar refractivity (Wildman–Crippen MR) is 214 cm³/mol. The number of carbonyl (C=O) groups is 1. The van der Waals surface area contributed by atoms with Crippen LogP contribution in [0, 0.1) is 5.41 Å². The minimum absolute atomic E-state index is 0.0224. The number of phenolic OH excluding ortho intramolecular Hbond substituents is 1. The molecule has 20 nitrogen and oxygen atoms in total. The van der Waals surface area contributed by atoms with E-state index in [9.17, 15) is 60.7 Å². The molecule has 344 valence electrons. The highest BCUT2D eigenvalue weighted by Crippen LogP contribution is 2.57. The number of benzene rings is 2. The summed E-state index contributed by atoms with van der Waals surface area (Å²) >= 11 is 0. The lowest BCUT2D eigenvalue weighted by atomic mass is 9.59. The first-order valence-electron chi connectivity index (χ1n) is 20.1. The Bertz CT molecular complexity index is 2250. The summed E-state index contributed by atoms with van der Waals surface area (Å²) in [6, 6.07) is 7.96. The number of aromatic hydroxyl groups is 1. The van der Waals surface area contributed by atoms with Crippen molar-refractivity contribution in [3.63, 3.8) is 0 Å². The van der Waals surface area contributed by atoms with Gasteiger partial charge in [0.2, 0.25) is 23.8 Å². The summed E-state index contributed by atoms with van der Waals surface area (Å²) < 4.78 is 45.4. The maximum absolute atomic E-state index is 13.9. The summed E-state index contributed by atoms with van der Waals surface area (Å²) in [5.74, 6) is -2.25. The largest absolute Gasteiger partial charge is 0.507 e. The smallest absolute Gasteiger partial charge is 0.331 e. The van der Waals surface area contributed by atoms with Crippen molar-refractivity contribution in [1.29, 1.82) is 0 Å². The molecule has 0 amide bonds. The van der Waals surface area contributed by atoms with Crippen molar-refractivity contribution >= 4 is 16.9 Å². The van der Waals surface area contributed by atoms with Gasteiger partial charge in [0.15, 0.2) is 18.0 Å². The summed E-state index contributed by atoms with van der Waals surface area (Å²) in [6.07, 6.45) is -12.9. The van der Waals surface area contributed by atoms with Gasteiger partial charge in [0.1, 0.15) is 76.0 Å². The van der Waals surface area contributed by atoms with Gasteiger partial charge in [-0.2, -0.15) is 0 Å². The minimum Gasteiger partial charge on any atom is -0.507 e. The quantitative estimate of drug-likeness (QED) is 0.0609. The van der Waals surface area contributed by atoms with E-state index in [1.165, 1.54) is 49.6 Å². The van der Waals surface area contributed by atoms with Gasteiger partial charge in [-0.1, -0.05) is 13.0 Å². The van der Waals surface area contributed by atoms with Crippen molar-refractivity contribution in [1.82, 2.24) is 0 Å². The highest BCUT2D eigenvalue weighted by atomic mass is 16.7. The van der Waals surface area contributed by atoms with Gasteiger partial charge in [-0.15, -0.1) is 0 Å². The predicted octanol–water partition coefficient (Wildman–Crippen LogP) is -0.734. The maximum Gasteiger partial charge on any atom is 0.331 e. The van der Waals surface area contributed by atoms with Crippen LogP contribution in [0.25, 0.3) is 22.3 Å². The Kier molecular flexibility index (Phi) is 13.0. The molecule has 4 heterocycles. The number of rotatable bonds is 12. The Morgan fingerprint density at radius 1 is 0.857 bits per heavy atom. The van der Waals surface area contributed by atoms with Crippen LogP contribution >= 0.6 is 0 Å². The normalized spacial score (nSPS) is 37.0. The second-order valence-corrected chi connectivity index (χ2v) is 16.8. The van der Waals surface area contributed by atoms with Crippen molar-refractivity contribution in [3.8, 4) is 34.3 Å². The van der Waals surface area contributed by atoms with Gasteiger partial charge in [-0.25, -0.2) is 4.79 Å². The molecule has 10 N–H and O–H groups in total. The molecule has 7 rings (SSSR count). The van der Waals surface area contributed by atoms with Gasteiger partial charge in [0, 0.05) is 35.6 Å². The van der Waals surface area contributed by atoms with Crippen molar-refractivity contribution in [3.05, 3.63) is 70.4 Å². The zero-order chi connectivity index (χ0) is 45.8. The standard InChI is InChI=1S/C43H52O20/c1-19(9-10-43(55)41(2)14-21(46)15-42(43,3)57-18-41)11-28(48)62-37-31(50)27(17-45)61-40(35(37)54)58-22-7-5-20(6-8-22)36-38(63-39-34(53)33(52)30(49)26(16-44)60-39)32(51)29-24(47)12-23(56-4)13-25(29)59-36/h5-13,21,26-27,30-31,33-35,37,39-40,44-47,49-50,52-55H,14-18H2,1-4H3/b10-9+,19-11-/t21-,26+,27+,30+,31+,33-,34+,35+,37-,39-,40+,41+,42-,43-/m0/s1. The van der Waals surface area contributed by atoms with E-state index in [0.717, 1.165) is 12.1 Å². The zero-order valence-corrected chi connectivity index (χ0v) is 34.6. The number of allylic oxidation sites excluding steroid dienone is 2. The summed E-state index contributed by atoms with van der Waals surface area (Å²) in [5, 5.41) is 106. The first kappa shape index (κ1) is 46.3. The Balaban J connectivity index is 1.11. The molecule has 1 aliphatic carbocycles. The molecule has 1 aromatic heterocycles. The summed E-state index contributed by atoms with van der Waals surface area (Å²) in [6.45, 7) is 3.78. The molecular weight excluding hydrogens is 836 g/mol. The molecule has 4 fully saturated rings. The molecule has 2 aromatic carbocycles. The Hall–Kier alpha value is -4.68. The highest BCUT2D eigenvalue weighted by Gasteiger charge is 2.67. The van der Waals surface area contributed by atoms with E-state index < -0.39 is 120 Å². The molecule has 14 atom stereocenters. The van der Waals surface area contributed by atoms with Crippen molar-refractivity contribution in [2.45, 2.75) is 112 Å². The lowest BCUT2D eigenvalue weighted by Gasteiger charge is -2.49. The van der Waals surface area contributed by atoms with E-state index in [-0.39, 0.29) is 46.8 Å². The SMILES string of the molecule is COc1cc(O)c2c(=O)c(O[C@@H]3O[C@H](CO)[C@@H](O)[C@H](O)[C@H]3O)c(-c3ccc(O[C@@H]4O[C@H](CO)[C@@H](O)[C@H](OC(=O)/C=C(C)\C=C\[C@]5(O)[C@@]6(C)CO[C@@]5(C)C[C@@H](O)C6)[C@H]4O)cc3)oc2c1. The average molecular weight is 889 g/mol. The van der Waals surface area contributed by atoms with Crippen LogP contribution in [0.5, 0.6) is 23.0 Å². The number of aliphatic hydroxyl groups excluding tert-OH is 8. The van der Waals surface area contributed by atoms with Crippen LogP contribution in [-0.2, 0) is 23.7 Å². The minimum atomic E-state index is -1.91. The topological polar surface area (TPSA) is 314 Å². The monoisotopic (exact) mass is 888 g/mol. The summed E-state index contributed by atoms with van der Waals surface area (Å²) in [7, 11) is 1.33. The van der Waals surface area contributed by atoms with Crippen molar-refractivity contribution in [2.75, 3.05) is 26.9 Å². The van der Waals surface area contributed by atoms with Crippen LogP contribution in [0.1, 0.15) is 33.6 Å². The molecule has 63 heavy (non-hydrogen) atoms. The van der Waals surface area contributed by atoms with E-state index in [2.05, 4.69) is 0 Å². The summed E-state index contributed by atoms with van der Waals surface area (Å²) in [5.41, 5.74) is -3.93. The van der Waals surface area contributed by atoms with E-state index >= 15 is 0 Å². The molecular formula is C43H52O20. The molecule has 2 bridgehead atoms. The molecule has 3 saturated heterocycles. The van der Waals surface area contributed by atoms with E-state index in [4.69, 9.17) is 37.6 Å². The Labute approximate surface area is 359 Å². The van der Waals surface area contributed by atoms with Crippen LogP contribution in [-0.4, -0.2) is 163 Å². The molecule has 1 saturated carbocycles. The van der Waals surface area contributed by atoms with Crippen molar-refractivity contribution < 1.29 is 93.4 Å². The third kappa shape index (κ3) is 8.42. The lowest BCUT2D eigenvalue weighted by Crippen LogP contribution is -2.61. The number of methoxy groups -OCH3 is 1. The van der Waals surface area contributed by atoms with E-state index in [1.807, 2.05) is 6.92 Å². The number of aliphatic hydroxyl groups is 9. The number of carbonyl (C=O) groups excluding carboxylic acids is 1. The maximum atomic E-state index is 13.9. The van der Waals surface area contributed by atoms with Gasteiger partial charge in [0.25, 0.3) is 0 Å².